The fourth-order valence-electron chi connectivity index (χ4n) is 4.04. The van der Waals surface area contributed by atoms with Gasteiger partial charge in [-0.2, -0.15) is 5.26 Å². The highest BCUT2D eigenvalue weighted by molar-refractivity contribution is 5.19. The van der Waals surface area contributed by atoms with E-state index in [1.54, 1.807) is 0 Å². The smallest absolute Gasteiger partial charge is 0.0888 e. The van der Waals surface area contributed by atoms with E-state index in [0.29, 0.717) is 17.8 Å². The fourth-order valence-corrected chi connectivity index (χ4v) is 4.04. The highest BCUT2D eigenvalue weighted by Crippen LogP contribution is 2.61. The number of hydrogen-bond acceptors (Lipinski definition) is 2. The van der Waals surface area contributed by atoms with Crippen LogP contribution in [0.1, 0.15) is 59.3 Å². The molecule has 4 atom stereocenters. The Morgan fingerprint density at radius 3 is 2.59 bits per heavy atom. The molecule has 0 heterocycles. The van der Waals surface area contributed by atoms with Gasteiger partial charge in [-0.1, -0.05) is 20.3 Å². The summed E-state index contributed by atoms with van der Waals surface area (Å²) in [4.78, 5) is 0. The summed E-state index contributed by atoms with van der Waals surface area (Å²) in [6.45, 7) is 6.26. The van der Waals surface area contributed by atoms with Crippen LogP contribution in [0.3, 0.4) is 0 Å². The van der Waals surface area contributed by atoms with E-state index in [0.717, 1.165) is 25.7 Å². The Hall–Kier alpha value is -0.550. The first-order valence-corrected chi connectivity index (χ1v) is 7.05. The second-order valence-corrected chi connectivity index (χ2v) is 6.87. The van der Waals surface area contributed by atoms with Crippen molar-refractivity contribution in [1.82, 2.24) is 0 Å². The van der Waals surface area contributed by atoms with Gasteiger partial charge in [0.1, 0.15) is 0 Å². The van der Waals surface area contributed by atoms with Gasteiger partial charge in [-0.3, -0.25) is 0 Å². The summed E-state index contributed by atoms with van der Waals surface area (Å²) in [5.41, 5.74) is -1.25. The first kappa shape index (κ1) is 12.9. The van der Waals surface area contributed by atoms with Crippen molar-refractivity contribution in [3.05, 3.63) is 0 Å². The van der Waals surface area contributed by atoms with Crippen LogP contribution in [-0.4, -0.2) is 10.7 Å². The van der Waals surface area contributed by atoms with E-state index in [-0.39, 0.29) is 0 Å². The summed E-state index contributed by atoms with van der Waals surface area (Å²) in [5.74, 6) is 1.74. The number of aliphatic hydroxyl groups is 1. The largest absolute Gasteiger partial charge is 0.389 e. The van der Waals surface area contributed by atoms with E-state index in [9.17, 15) is 10.4 Å². The molecule has 0 aliphatic heterocycles. The van der Waals surface area contributed by atoms with Gasteiger partial charge >= 0.3 is 0 Å². The van der Waals surface area contributed by atoms with Crippen LogP contribution in [0.15, 0.2) is 0 Å². The van der Waals surface area contributed by atoms with E-state index < -0.39 is 11.0 Å². The summed E-state index contributed by atoms with van der Waals surface area (Å²) in [6, 6.07) is 2.52. The molecule has 2 nitrogen and oxygen atoms in total. The van der Waals surface area contributed by atoms with Crippen LogP contribution in [0, 0.1) is 34.5 Å². The molecule has 0 spiro atoms. The van der Waals surface area contributed by atoms with E-state index >= 15 is 0 Å². The molecule has 0 aromatic heterocycles. The van der Waals surface area contributed by atoms with Gasteiger partial charge in [-0.25, -0.2) is 0 Å². The molecule has 2 heteroatoms. The molecule has 0 aromatic rings. The maximum atomic E-state index is 10.8. The minimum Gasteiger partial charge on any atom is -0.389 e. The number of hydrogen-bond donors (Lipinski definition) is 1. The van der Waals surface area contributed by atoms with E-state index in [1.165, 1.54) is 12.8 Å². The van der Waals surface area contributed by atoms with Gasteiger partial charge in [0.25, 0.3) is 0 Å². The Morgan fingerprint density at radius 1 is 1.47 bits per heavy atom. The van der Waals surface area contributed by atoms with Crippen molar-refractivity contribution in [2.75, 3.05) is 0 Å². The van der Waals surface area contributed by atoms with Crippen LogP contribution in [0.5, 0.6) is 0 Å². The van der Waals surface area contributed by atoms with Crippen molar-refractivity contribution >= 4 is 0 Å². The molecule has 96 valence electrons. The van der Waals surface area contributed by atoms with E-state index in [2.05, 4.69) is 19.9 Å². The molecule has 2 bridgehead atoms. The maximum absolute atomic E-state index is 10.8. The van der Waals surface area contributed by atoms with Gasteiger partial charge in [0.05, 0.1) is 17.1 Å². The third-order valence-electron chi connectivity index (χ3n) is 5.22. The summed E-state index contributed by atoms with van der Waals surface area (Å²) in [5, 5.41) is 20.4. The molecule has 4 unspecified atom stereocenters. The van der Waals surface area contributed by atoms with Gasteiger partial charge in [0, 0.05) is 0 Å². The average Bonchev–Trinajstić information content (AvgIpc) is 2.86. The predicted molar refractivity (Wildman–Crippen MR) is 68.2 cm³/mol. The molecule has 2 aliphatic rings. The third-order valence-corrected chi connectivity index (χ3v) is 5.22. The molecular weight excluding hydrogens is 210 g/mol. The standard InChI is InChI=1S/C15H25NO/c1-11(2)6-7-14(3,17)15(10-16)9-12-4-5-13(15)8-12/h11-13,17H,4-9H2,1-3H3. The van der Waals surface area contributed by atoms with Crippen molar-refractivity contribution in [2.45, 2.75) is 64.9 Å². The second kappa shape index (κ2) is 4.28. The van der Waals surface area contributed by atoms with Gasteiger partial charge in [-0.15, -0.1) is 0 Å². The van der Waals surface area contributed by atoms with Crippen LogP contribution in [-0.2, 0) is 0 Å². The average molecular weight is 235 g/mol. The Bertz CT molecular complexity index is 328. The molecular formula is C15H25NO. The van der Waals surface area contributed by atoms with Crippen LogP contribution in [0.25, 0.3) is 0 Å². The lowest BCUT2D eigenvalue weighted by molar-refractivity contribution is -0.0760. The molecule has 2 fully saturated rings. The molecule has 0 saturated heterocycles. The second-order valence-electron chi connectivity index (χ2n) is 6.87. The predicted octanol–water partition coefficient (Wildman–Crippen LogP) is 3.50. The molecule has 2 saturated carbocycles. The molecule has 1 N–H and O–H groups in total. The molecule has 17 heavy (non-hydrogen) atoms. The zero-order valence-corrected chi connectivity index (χ0v) is 11.4. The summed E-state index contributed by atoms with van der Waals surface area (Å²) in [6.07, 6.45) is 6.30. The fraction of sp³-hybridized carbons (Fsp3) is 0.933. The summed E-state index contributed by atoms with van der Waals surface area (Å²) in [7, 11) is 0. The Morgan fingerprint density at radius 2 is 2.18 bits per heavy atom. The van der Waals surface area contributed by atoms with Gasteiger partial charge in [0.2, 0.25) is 0 Å². The maximum Gasteiger partial charge on any atom is 0.0888 e. The lowest BCUT2D eigenvalue weighted by Crippen LogP contribution is -2.48. The number of nitriles is 1. The van der Waals surface area contributed by atoms with Gasteiger partial charge in [-0.05, 0) is 56.8 Å². The van der Waals surface area contributed by atoms with Gasteiger partial charge < -0.3 is 5.11 Å². The minimum absolute atomic E-state index is 0.444. The highest BCUT2D eigenvalue weighted by Gasteiger charge is 2.59. The molecule has 0 amide bonds. The highest BCUT2D eigenvalue weighted by atomic mass is 16.3. The Kier molecular flexibility index (Phi) is 3.25. The lowest BCUT2D eigenvalue weighted by Gasteiger charge is -2.43. The first-order chi connectivity index (χ1) is 7.91. The van der Waals surface area contributed by atoms with Crippen molar-refractivity contribution in [3.63, 3.8) is 0 Å². The first-order valence-electron chi connectivity index (χ1n) is 7.05. The summed E-state index contributed by atoms with van der Waals surface area (Å²) >= 11 is 0. The van der Waals surface area contributed by atoms with Crippen LogP contribution >= 0.6 is 0 Å². The Balaban J connectivity index is 2.15. The summed E-state index contributed by atoms with van der Waals surface area (Å²) < 4.78 is 0. The van der Waals surface area contributed by atoms with Crippen molar-refractivity contribution in [1.29, 1.82) is 5.26 Å². The zero-order chi connectivity index (χ0) is 12.7. The normalized spacial score (nSPS) is 39.3. The zero-order valence-electron chi connectivity index (χ0n) is 11.4. The van der Waals surface area contributed by atoms with Crippen LogP contribution in [0.2, 0.25) is 0 Å². The van der Waals surface area contributed by atoms with Gasteiger partial charge in [0.15, 0.2) is 0 Å². The quantitative estimate of drug-likeness (QED) is 0.810. The number of fused-ring (bicyclic) bond motifs is 2. The van der Waals surface area contributed by atoms with Crippen molar-refractivity contribution < 1.29 is 5.11 Å². The Labute approximate surface area is 105 Å². The van der Waals surface area contributed by atoms with Crippen molar-refractivity contribution in [3.8, 4) is 6.07 Å². The topological polar surface area (TPSA) is 44.0 Å². The SMILES string of the molecule is CC(C)CCC(C)(O)C1(C#N)CC2CCC1C2. The van der Waals surface area contributed by atoms with Crippen molar-refractivity contribution in [2.24, 2.45) is 23.2 Å². The lowest BCUT2D eigenvalue weighted by atomic mass is 9.62. The molecule has 2 aliphatic carbocycles. The third kappa shape index (κ3) is 1.99. The molecule has 0 aromatic carbocycles. The minimum atomic E-state index is -0.800. The van der Waals surface area contributed by atoms with E-state index in [4.69, 9.17) is 0 Å². The molecule has 0 radical (unpaired) electrons. The number of nitrogens with zero attached hydrogens (tertiary/aromatic N) is 1. The molecule has 2 rings (SSSR count). The monoisotopic (exact) mass is 235 g/mol. The van der Waals surface area contributed by atoms with Crippen LogP contribution < -0.4 is 0 Å². The number of rotatable bonds is 4. The van der Waals surface area contributed by atoms with E-state index in [1.807, 2.05) is 6.92 Å². The van der Waals surface area contributed by atoms with Crippen LogP contribution in [0.4, 0.5) is 0 Å².